The number of imide groups is 1. The number of nitro benzene ring substituents is 1. The molecular weight excluding hydrogens is 584 g/mol. The molecule has 40 heavy (non-hydrogen) atoms. The number of benzene rings is 3. The van der Waals surface area contributed by atoms with Crippen LogP contribution in [0.15, 0.2) is 77.3 Å². The first-order valence-electron chi connectivity index (χ1n) is 12.9. The molecule has 2 amide bonds. The highest BCUT2D eigenvalue weighted by molar-refractivity contribution is 9.10. The van der Waals surface area contributed by atoms with Crippen LogP contribution in [-0.4, -0.2) is 39.3 Å². The van der Waals surface area contributed by atoms with Crippen LogP contribution in [0, 0.1) is 33.8 Å². The zero-order valence-corrected chi connectivity index (χ0v) is 22.6. The molecule has 10 nitrogen and oxygen atoms in total. The van der Waals surface area contributed by atoms with Crippen LogP contribution in [0.25, 0.3) is 0 Å². The number of fused-ring (bicyclic) bond motifs is 3. The van der Waals surface area contributed by atoms with Gasteiger partial charge in [0.15, 0.2) is 5.79 Å². The van der Waals surface area contributed by atoms with Crippen LogP contribution in [0.3, 0.4) is 0 Å². The number of halogens is 1. The average molecular weight is 609 g/mol. The molecule has 1 saturated carbocycles. The predicted molar refractivity (Wildman–Crippen MR) is 145 cm³/mol. The molecule has 0 spiro atoms. The Balaban J connectivity index is 1.38. The van der Waals surface area contributed by atoms with E-state index in [0.717, 1.165) is 4.90 Å². The maximum Gasteiger partial charge on any atom is 0.271 e. The van der Waals surface area contributed by atoms with Gasteiger partial charge in [-0.05, 0) is 49.2 Å². The van der Waals surface area contributed by atoms with Gasteiger partial charge in [-0.3, -0.25) is 19.7 Å². The van der Waals surface area contributed by atoms with Crippen LogP contribution in [0.2, 0.25) is 0 Å². The van der Waals surface area contributed by atoms with Crippen LogP contribution in [0.5, 0.6) is 11.5 Å². The predicted octanol–water partition coefficient (Wildman–Crippen LogP) is 4.73. The molecule has 0 radical (unpaired) electrons. The summed E-state index contributed by atoms with van der Waals surface area (Å²) >= 11 is 3.41. The Morgan fingerprint density at radius 3 is 2.58 bits per heavy atom. The van der Waals surface area contributed by atoms with Crippen molar-refractivity contribution in [3.8, 4) is 11.5 Å². The molecule has 206 valence electrons. The average Bonchev–Trinajstić information content (AvgIpc) is 3.42. The molecule has 2 aliphatic heterocycles. The number of hydrogen-bond donors (Lipinski definition) is 2. The zero-order valence-electron chi connectivity index (χ0n) is 21.1. The lowest BCUT2D eigenvalue weighted by atomic mass is 9.64. The Bertz CT molecular complexity index is 1500. The van der Waals surface area contributed by atoms with Crippen LogP contribution in [-0.2, 0) is 14.3 Å². The zero-order chi connectivity index (χ0) is 28.2. The molecule has 3 aromatic carbocycles. The van der Waals surface area contributed by atoms with Crippen LogP contribution < -0.4 is 9.64 Å². The lowest BCUT2D eigenvalue weighted by Crippen LogP contribution is -2.55. The number of aromatic hydroxyl groups is 1. The number of carbonyl (C=O) groups excluding carboxylic acids is 2. The Morgan fingerprint density at radius 1 is 1.05 bits per heavy atom. The van der Waals surface area contributed by atoms with Crippen LogP contribution in [0.1, 0.15) is 24.5 Å². The minimum Gasteiger partial charge on any atom is -0.508 e. The summed E-state index contributed by atoms with van der Waals surface area (Å²) in [5.41, 5.74) is 0.316. The highest BCUT2D eigenvalue weighted by Crippen LogP contribution is 2.59. The van der Waals surface area contributed by atoms with Gasteiger partial charge in [-0.25, -0.2) is 4.90 Å². The molecule has 11 heteroatoms. The standard InChI is InChI=1S/C29H25BrN2O8/c30-17-9-10-24(33)21(12-17)25-14-23-26-22(11-16(29(23,36)40-25)15-39-20-7-2-1-3-8-20)27(34)31(28(26)35)18-5-4-6-19(13-18)32(37)38/h1-10,12-13,16,22-23,25-26,33,36H,11,14-15H2/t16-,22+,23+,25+,26+,29-/m1/s1. The fraction of sp³-hybridized carbons (Fsp3) is 0.310. The van der Waals surface area contributed by atoms with Gasteiger partial charge >= 0.3 is 0 Å². The van der Waals surface area contributed by atoms with Crippen molar-refractivity contribution in [2.24, 2.45) is 23.7 Å². The van der Waals surface area contributed by atoms with E-state index >= 15 is 0 Å². The minimum absolute atomic E-state index is 0.0175. The molecular formula is C29H25BrN2O8. The van der Waals surface area contributed by atoms with E-state index in [2.05, 4.69) is 15.9 Å². The number of aliphatic hydroxyl groups is 1. The lowest BCUT2D eigenvalue weighted by Gasteiger charge is -2.44. The van der Waals surface area contributed by atoms with E-state index in [-0.39, 0.29) is 36.6 Å². The lowest BCUT2D eigenvalue weighted by molar-refractivity contribution is -0.384. The van der Waals surface area contributed by atoms with Crippen LogP contribution in [0.4, 0.5) is 11.4 Å². The highest BCUT2D eigenvalue weighted by Gasteiger charge is 2.67. The van der Waals surface area contributed by atoms with Gasteiger partial charge in [0.1, 0.15) is 11.5 Å². The molecule has 0 bridgehead atoms. The smallest absolute Gasteiger partial charge is 0.271 e. The third-order valence-electron chi connectivity index (χ3n) is 8.19. The topological polar surface area (TPSA) is 139 Å². The van der Waals surface area contributed by atoms with Gasteiger partial charge in [0.2, 0.25) is 11.8 Å². The fourth-order valence-electron chi connectivity index (χ4n) is 6.37. The van der Waals surface area contributed by atoms with Crippen molar-refractivity contribution in [3.63, 3.8) is 0 Å². The number of carbonyl (C=O) groups is 2. The molecule has 0 unspecified atom stereocenters. The number of phenolic OH excluding ortho intramolecular Hbond substituents is 1. The Morgan fingerprint density at radius 2 is 1.82 bits per heavy atom. The van der Waals surface area contributed by atoms with E-state index in [1.54, 1.807) is 24.3 Å². The number of hydrogen-bond acceptors (Lipinski definition) is 8. The molecule has 3 fully saturated rings. The molecule has 2 N–H and O–H groups in total. The maximum atomic E-state index is 13.8. The van der Waals surface area contributed by atoms with Gasteiger partial charge in [-0.1, -0.05) is 40.2 Å². The van der Waals surface area contributed by atoms with Gasteiger partial charge in [-0.15, -0.1) is 0 Å². The molecule has 1 aliphatic carbocycles. The largest absolute Gasteiger partial charge is 0.508 e. The van der Waals surface area contributed by atoms with Crippen molar-refractivity contribution >= 4 is 39.1 Å². The van der Waals surface area contributed by atoms with Gasteiger partial charge in [-0.2, -0.15) is 0 Å². The van der Waals surface area contributed by atoms with Crippen molar-refractivity contribution in [2.75, 3.05) is 11.5 Å². The first-order chi connectivity index (χ1) is 19.2. The highest BCUT2D eigenvalue weighted by atomic mass is 79.9. The number of para-hydroxylation sites is 1. The van der Waals surface area contributed by atoms with E-state index in [9.17, 15) is 29.9 Å². The van der Waals surface area contributed by atoms with E-state index in [1.807, 2.05) is 18.2 Å². The number of ether oxygens (including phenoxy) is 2. The normalized spacial score (nSPS) is 29.2. The van der Waals surface area contributed by atoms with Gasteiger partial charge in [0, 0.05) is 34.0 Å². The molecule has 6 atom stereocenters. The SMILES string of the molecule is O=C1[C@H]2[C@H](C[C@H](COc3ccccc3)[C@@]3(O)O[C@H](c4cc(Br)ccc4O)C[C@@H]23)C(=O)N1c1cccc([N+](=O)[O-])c1. The number of rotatable bonds is 6. The van der Waals surface area contributed by atoms with Crippen LogP contribution >= 0.6 is 15.9 Å². The Labute approximate surface area is 237 Å². The molecule has 3 aromatic rings. The third kappa shape index (κ3) is 4.34. The van der Waals surface area contributed by atoms with Crippen molar-refractivity contribution in [1.82, 2.24) is 0 Å². The second-order valence-corrected chi connectivity index (χ2v) is 11.3. The van der Waals surface area contributed by atoms with E-state index in [4.69, 9.17) is 9.47 Å². The fourth-order valence-corrected chi connectivity index (χ4v) is 6.74. The number of nitrogens with zero attached hydrogens (tertiary/aromatic N) is 2. The molecule has 2 heterocycles. The summed E-state index contributed by atoms with van der Waals surface area (Å²) in [6.07, 6.45) is -0.469. The Kier molecular flexibility index (Phi) is 6.60. The molecule has 6 rings (SSSR count). The van der Waals surface area contributed by atoms with E-state index in [0.29, 0.717) is 15.8 Å². The first-order valence-corrected chi connectivity index (χ1v) is 13.7. The number of anilines is 1. The van der Waals surface area contributed by atoms with Gasteiger partial charge in [0.05, 0.1) is 35.2 Å². The molecule has 0 aromatic heterocycles. The summed E-state index contributed by atoms with van der Waals surface area (Å²) in [6.45, 7) is 0.0235. The van der Waals surface area contributed by atoms with Gasteiger partial charge in [0.25, 0.3) is 5.69 Å². The summed E-state index contributed by atoms with van der Waals surface area (Å²) in [5, 5.41) is 34.0. The van der Waals surface area contributed by atoms with Crippen molar-refractivity contribution < 1.29 is 34.2 Å². The van der Waals surface area contributed by atoms with Crippen molar-refractivity contribution in [1.29, 1.82) is 0 Å². The maximum absolute atomic E-state index is 13.8. The third-order valence-corrected chi connectivity index (χ3v) is 8.69. The quantitative estimate of drug-likeness (QED) is 0.232. The Hall–Kier alpha value is -3.80. The number of nitro groups is 1. The van der Waals surface area contributed by atoms with E-state index < -0.39 is 52.3 Å². The van der Waals surface area contributed by atoms with Crippen molar-refractivity contribution in [3.05, 3.63) is 92.9 Å². The summed E-state index contributed by atoms with van der Waals surface area (Å²) < 4.78 is 13.0. The second kappa shape index (κ2) is 9.99. The molecule has 3 aliphatic rings. The first kappa shape index (κ1) is 26.4. The minimum atomic E-state index is -1.83. The molecule has 2 saturated heterocycles. The summed E-state index contributed by atoms with van der Waals surface area (Å²) in [4.78, 5) is 39.3. The van der Waals surface area contributed by atoms with Crippen molar-refractivity contribution in [2.45, 2.75) is 24.7 Å². The summed E-state index contributed by atoms with van der Waals surface area (Å²) in [6, 6.07) is 19.3. The monoisotopic (exact) mass is 608 g/mol. The van der Waals surface area contributed by atoms with Gasteiger partial charge < -0.3 is 19.7 Å². The summed E-state index contributed by atoms with van der Waals surface area (Å²) in [7, 11) is 0. The number of amides is 2. The second-order valence-electron chi connectivity index (χ2n) is 10.4. The summed E-state index contributed by atoms with van der Waals surface area (Å²) in [5.74, 6) is -5.44. The number of phenols is 1. The number of non-ortho nitro benzene ring substituents is 1. The van der Waals surface area contributed by atoms with E-state index in [1.165, 1.54) is 30.3 Å².